The van der Waals surface area contributed by atoms with Crippen LogP contribution >= 0.6 is 35.6 Å². The van der Waals surface area contributed by atoms with Gasteiger partial charge in [0.1, 0.15) is 10.6 Å². The fourth-order valence-electron chi connectivity index (χ4n) is 2.84. The summed E-state index contributed by atoms with van der Waals surface area (Å²) in [6, 6.07) is 20.0. The smallest absolute Gasteiger partial charge is 0.270 e. The molecule has 1 N–H and O–H groups in total. The molecule has 0 atom stereocenters. The van der Waals surface area contributed by atoms with E-state index >= 15 is 0 Å². The molecule has 5 nitrogen and oxygen atoms in total. The molecule has 1 aliphatic rings. The molecular formula is C22H14ClN3O2S2. The molecule has 0 radical (unpaired) electrons. The van der Waals surface area contributed by atoms with Gasteiger partial charge in [-0.05, 0) is 60.8 Å². The lowest BCUT2D eigenvalue weighted by atomic mass is 10.1. The van der Waals surface area contributed by atoms with Crippen molar-refractivity contribution in [3.05, 3.63) is 89.1 Å². The number of amides is 2. The van der Waals surface area contributed by atoms with Crippen molar-refractivity contribution in [1.82, 2.24) is 10.3 Å². The first-order valence-electron chi connectivity index (χ1n) is 8.88. The molecule has 148 valence electrons. The maximum Gasteiger partial charge on any atom is 0.270 e. The highest BCUT2D eigenvalue weighted by atomic mass is 35.5. The molecule has 1 saturated heterocycles. The Hall–Kier alpha value is -3.00. The second-order valence-corrected chi connectivity index (χ2v) is 8.13. The predicted octanol–water partition coefficient (Wildman–Crippen LogP) is 4.72. The van der Waals surface area contributed by atoms with Crippen LogP contribution < -0.4 is 10.2 Å². The Morgan fingerprint density at radius 3 is 2.47 bits per heavy atom. The maximum absolute atomic E-state index is 13.2. The third-order valence-corrected chi connectivity index (χ3v) is 5.82. The minimum Gasteiger partial charge on any atom is -0.298 e. The Kier molecular flexibility index (Phi) is 5.94. The van der Waals surface area contributed by atoms with Crippen LogP contribution in [-0.2, 0) is 9.59 Å². The number of hydrogen-bond acceptors (Lipinski definition) is 5. The summed E-state index contributed by atoms with van der Waals surface area (Å²) in [7, 11) is 0. The zero-order valence-corrected chi connectivity index (χ0v) is 17.8. The predicted molar refractivity (Wildman–Crippen MR) is 122 cm³/mol. The zero-order chi connectivity index (χ0) is 21.1. The van der Waals surface area contributed by atoms with Gasteiger partial charge in [-0.2, -0.15) is 0 Å². The lowest BCUT2D eigenvalue weighted by Gasteiger charge is -2.29. The molecule has 1 aliphatic heterocycles. The normalized spacial score (nSPS) is 15.4. The number of pyridine rings is 1. The number of nitrogens with one attached hydrogen (secondary N) is 1. The van der Waals surface area contributed by atoms with Crippen LogP contribution in [-0.4, -0.2) is 21.9 Å². The molecule has 0 spiro atoms. The number of nitrogens with zero attached hydrogens (tertiary/aromatic N) is 2. The molecule has 0 unspecified atom stereocenters. The van der Waals surface area contributed by atoms with Crippen molar-refractivity contribution in [1.29, 1.82) is 0 Å². The molecule has 4 rings (SSSR count). The van der Waals surface area contributed by atoms with Gasteiger partial charge in [0.05, 0.1) is 5.69 Å². The van der Waals surface area contributed by atoms with Crippen LogP contribution in [0.1, 0.15) is 5.56 Å². The number of carbonyl (C=O) groups is 2. The number of anilines is 1. The average molecular weight is 452 g/mol. The molecule has 2 aromatic carbocycles. The van der Waals surface area contributed by atoms with E-state index in [9.17, 15) is 9.59 Å². The summed E-state index contributed by atoms with van der Waals surface area (Å²) in [5.74, 6) is -1.06. The minimum absolute atomic E-state index is 0.0227. The van der Waals surface area contributed by atoms with Crippen LogP contribution in [0, 0.1) is 0 Å². The third-order valence-electron chi connectivity index (χ3n) is 4.24. The van der Waals surface area contributed by atoms with Crippen LogP contribution in [0.5, 0.6) is 0 Å². The SMILES string of the molecule is O=C1NC(=S)N(c2ccc(Cl)cc2)C(=O)/C1=C\c1cccnc1Sc1ccccc1. The first-order valence-corrected chi connectivity index (χ1v) is 10.5. The van der Waals surface area contributed by atoms with E-state index in [-0.39, 0.29) is 10.7 Å². The van der Waals surface area contributed by atoms with E-state index in [1.807, 2.05) is 36.4 Å². The van der Waals surface area contributed by atoms with Crippen molar-refractivity contribution in [3.63, 3.8) is 0 Å². The van der Waals surface area contributed by atoms with Crippen LogP contribution in [0.15, 0.2) is 88.4 Å². The van der Waals surface area contributed by atoms with E-state index in [0.29, 0.717) is 21.3 Å². The summed E-state index contributed by atoms with van der Waals surface area (Å²) in [5, 5.41) is 3.82. The van der Waals surface area contributed by atoms with Crippen molar-refractivity contribution in [2.75, 3.05) is 4.90 Å². The first-order chi connectivity index (χ1) is 14.5. The standard InChI is InChI=1S/C22H14ClN3O2S2/c23-15-8-10-16(11-9-15)26-21(28)18(19(27)25-22(26)29)13-14-5-4-12-24-20(14)30-17-6-2-1-3-7-17/h1-13H,(H,25,27,29)/b18-13-. The van der Waals surface area contributed by atoms with Gasteiger partial charge < -0.3 is 0 Å². The fraction of sp³-hybridized carbons (Fsp3) is 0. The van der Waals surface area contributed by atoms with Gasteiger partial charge in [0, 0.05) is 21.7 Å². The lowest BCUT2D eigenvalue weighted by Crippen LogP contribution is -2.54. The van der Waals surface area contributed by atoms with Crippen LogP contribution in [0.2, 0.25) is 5.02 Å². The summed E-state index contributed by atoms with van der Waals surface area (Å²) in [6.07, 6.45) is 3.21. The Bertz CT molecular complexity index is 1160. The Morgan fingerprint density at radius 1 is 1.00 bits per heavy atom. The third kappa shape index (κ3) is 4.28. The van der Waals surface area contributed by atoms with E-state index in [0.717, 1.165) is 4.90 Å². The van der Waals surface area contributed by atoms with Crippen LogP contribution in [0.4, 0.5) is 5.69 Å². The van der Waals surface area contributed by atoms with Gasteiger partial charge >= 0.3 is 0 Å². The Labute approximate surface area is 187 Å². The number of rotatable bonds is 4. The van der Waals surface area contributed by atoms with Crippen molar-refractivity contribution < 1.29 is 9.59 Å². The highest BCUT2D eigenvalue weighted by Crippen LogP contribution is 2.30. The fourth-order valence-corrected chi connectivity index (χ4v) is 4.12. The van der Waals surface area contributed by atoms with E-state index in [2.05, 4.69) is 10.3 Å². The van der Waals surface area contributed by atoms with Crippen molar-refractivity contribution in [3.8, 4) is 0 Å². The monoisotopic (exact) mass is 451 g/mol. The molecule has 2 heterocycles. The molecule has 0 bridgehead atoms. The van der Waals surface area contributed by atoms with Gasteiger partial charge in [-0.3, -0.25) is 19.8 Å². The number of carbonyl (C=O) groups excluding carboxylic acids is 2. The van der Waals surface area contributed by atoms with Crippen molar-refractivity contribution >= 4 is 64.3 Å². The second-order valence-electron chi connectivity index (χ2n) is 6.25. The quantitative estimate of drug-likeness (QED) is 0.353. The van der Waals surface area contributed by atoms with Crippen molar-refractivity contribution in [2.45, 2.75) is 9.92 Å². The average Bonchev–Trinajstić information content (AvgIpc) is 2.74. The molecular weight excluding hydrogens is 438 g/mol. The largest absolute Gasteiger partial charge is 0.298 e. The zero-order valence-electron chi connectivity index (χ0n) is 15.4. The summed E-state index contributed by atoms with van der Waals surface area (Å²) < 4.78 is 0. The number of hydrogen-bond donors (Lipinski definition) is 1. The maximum atomic E-state index is 13.2. The van der Waals surface area contributed by atoms with E-state index < -0.39 is 11.8 Å². The molecule has 0 saturated carbocycles. The summed E-state index contributed by atoms with van der Waals surface area (Å²) in [4.78, 5) is 32.4. The van der Waals surface area contributed by atoms with E-state index in [4.69, 9.17) is 23.8 Å². The van der Waals surface area contributed by atoms with Crippen LogP contribution in [0.3, 0.4) is 0 Å². The Morgan fingerprint density at radius 2 is 1.73 bits per heavy atom. The highest BCUT2D eigenvalue weighted by Gasteiger charge is 2.34. The van der Waals surface area contributed by atoms with Crippen molar-refractivity contribution in [2.24, 2.45) is 0 Å². The van der Waals surface area contributed by atoms with Crippen LogP contribution in [0.25, 0.3) is 6.08 Å². The molecule has 0 aliphatic carbocycles. The summed E-state index contributed by atoms with van der Waals surface area (Å²) >= 11 is 12.6. The van der Waals surface area contributed by atoms with Gasteiger partial charge in [0.15, 0.2) is 5.11 Å². The van der Waals surface area contributed by atoms with Gasteiger partial charge in [-0.25, -0.2) is 4.98 Å². The van der Waals surface area contributed by atoms with E-state index in [1.54, 1.807) is 42.6 Å². The molecule has 2 amide bonds. The minimum atomic E-state index is -0.547. The summed E-state index contributed by atoms with van der Waals surface area (Å²) in [6.45, 7) is 0. The molecule has 1 aromatic heterocycles. The number of benzene rings is 2. The van der Waals surface area contributed by atoms with Gasteiger partial charge in [0.2, 0.25) is 0 Å². The lowest BCUT2D eigenvalue weighted by molar-refractivity contribution is -0.122. The van der Waals surface area contributed by atoms with Gasteiger partial charge in [0.25, 0.3) is 11.8 Å². The molecule has 30 heavy (non-hydrogen) atoms. The topological polar surface area (TPSA) is 62.3 Å². The van der Waals surface area contributed by atoms with E-state index in [1.165, 1.54) is 16.7 Å². The molecule has 3 aromatic rings. The molecule has 8 heteroatoms. The number of halogens is 1. The first kappa shape index (κ1) is 20.3. The molecule has 1 fully saturated rings. The second kappa shape index (κ2) is 8.79. The van der Waals surface area contributed by atoms with Gasteiger partial charge in [-0.15, -0.1) is 0 Å². The van der Waals surface area contributed by atoms with Gasteiger partial charge in [-0.1, -0.05) is 47.6 Å². The number of aromatic nitrogens is 1. The Balaban J connectivity index is 1.71. The summed E-state index contributed by atoms with van der Waals surface area (Å²) in [5.41, 5.74) is 1.15. The number of thiocarbonyl (C=S) groups is 1. The highest BCUT2D eigenvalue weighted by molar-refractivity contribution is 7.99.